The van der Waals surface area contributed by atoms with Crippen LogP contribution >= 0.6 is 23.5 Å². The van der Waals surface area contributed by atoms with Crippen LogP contribution in [0.4, 0.5) is 0 Å². The van der Waals surface area contributed by atoms with Crippen LogP contribution in [0.15, 0.2) is 20.6 Å². The molecule has 0 saturated heterocycles. The average molecular weight is 166 g/mol. The molecule has 2 nitrogen and oxygen atoms in total. The highest BCUT2D eigenvalue weighted by atomic mass is 32.2. The normalized spacial score (nSPS) is 16.8. The molecule has 0 saturated carbocycles. The predicted molar refractivity (Wildman–Crippen MR) is 42.6 cm³/mol. The summed E-state index contributed by atoms with van der Waals surface area (Å²) in [5.41, 5.74) is 0. The van der Waals surface area contributed by atoms with Gasteiger partial charge in [-0.05, 0) is 0 Å². The Balaban J connectivity index is 2.97. The minimum Gasteiger partial charge on any atom is -0.192 e. The molecule has 0 bridgehead atoms. The van der Waals surface area contributed by atoms with E-state index in [2.05, 4.69) is 6.58 Å². The minimum absolute atomic E-state index is 0.470. The Morgan fingerprint density at radius 1 is 1.10 bits per heavy atom. The Morgan fingerprint density at radius 3 is 1.80 bits per heavy atom. The average Bonchev–Trinajstić information content (AvgIpc) is 2.30. The highest BCUT2D eigenvalue weighted by molar-refractivity contribution is 8.28. The first-order valence-corrected chi connectivity index (χ1v) is 4.00. The molecular formula is C6H2N2S2. The Bertz CT molecular complexity index is 262. The van der Waals surface area contributed by atoms with E-state index in [4.69, 9.17) is 10.5 Å². The Labute approximate surface area is 67.2 Å². The summed E-state index contributed by atoms with van der Waals surface area (Å²) in [4.78, 5) is 0.940. The molecule has 0 aromatic heterocycles. The first-order valence-electron chi connectivity index (χ1n) is 2.37. The second-order valence-corrected chi connectivity index (χ2v) is 3.93. The van der Waals surface area contributed by atoms with Crippen molar-refractivity contribution in [3.63, 3.8) is 0 Å². The lowest BCUT2D eigenvalue weighted by molar-refractivity contribution is 1.50. The van der Waals surface area contributed by atoms with Gasteiger partial charge in [-0.25, -0.2) is 0 Å². The zero-order chi connectivity index (χ0) is 7.56. The molecule has 0 aliphatic carbocycles. The van der Waals surface area contributed by atoms with Crippen molar-refractivity contribution < 1.29 is 0 Å². The summed E-state index contributed by atoms with van der Waals surface area (Å²) >= 11 is 2.53. The SMILES string of the molecule is C=C1SC(C#N)=C(C#N)S1. The van der Waals surface area contributed by atoms with E-state index in [1.165, 1.54) is 23.5 Å². The lowest BCUT2D eigenvalue weighted by Gasteiger charge is -1.82. The van der Waals surface area contributed by atoms with Gasteiger partial charge < -0.3 is 0 Å². The molecule has 0 N–H and O–H groups in total. The van der Waals surface area contributed by atoms with Crippen LogP contribution in [0.2, 0.25) is 0 Å². The molecule has 0 atom stereocenters. The summed E-state index contributed by atoms with van der Waals surface area (Å²) in [6.45, 7) is 3.63. The zero-order valence-corrected chi connectivity index (χ0v) is 6.55. The van der Waals surface area contributed by atoms with Crippen LogP contribution in [0.25, 0.3) is 0 Å². The van der Waals surface area contributed by atoms with Gasteiger partial charge in [0.2, 0.25) is 0 Å². The van der Waals surface area contributed by atoms with Gasteiger partial charge >= 0.3 is 0 Å². The van der Waals surface area contributed by atoms with E-state index in [9.17, 15) is 0 Å². The second-order valence-electron chi connectivity index (χ2n) is 1.46. The predicted octanol–water partition coefficient (Wildman–Crippen LogP) is 2.20. The lowest BCUT2D eigenvalue weighted by Crippen LogP contribution is -1.66. The van der Waals surface area contributed by atoms with E-state index in [0.717, 1.165) is 4.24 Å². The van der Waals surface area contributed by atoms with Crippen molar-refractivity contribution in [2.75, 3.05) is 0 Å². The van der Waals surface area contributed by atoms with Crippen LogP contribution in [0.5, 0.6) is 0 Å². The van der Waals surface area contributed by atoms with Crippen molar-refractivity contribution in [3.05, 3.63) is 20.6 Å². The molecule has 0 amide bonds. The van der Waals surface area contributed by atoms with Crippen LogP contribution in [0.3, 0.4) is 0 Å². The fraction of sp³-hybridized carbons (Fsp3) is 0. The number of nitriles is 2. The third-order valence-corrected chi connectivity index (χ3v) is 2.92. The van der Waals surface area contributed by atoms with E-state index in [1.807, 2.05) is 12.1 Å². The second kappa shape index (κ2) is 2.83. The summed E-state index contributed by atoms with van der Waals surface area (Å²) in [6, 6.07) is 3.87. The summed E-state index contributed by atoms with van der Waals surface area (Å²) in [7, 11) is 0. The van der Waals surface area contributed by atoms with Crippen LogP contribution in [-0.4, -0.2) is 0 Å². The van der Waals surface area contributed by atoms with E-state index in [1.54, 1.807) is 0 Å². The third-order valence-electron chi connectivity index (χ3n) is 0.841. The molecule has 0 unspecified atom stereocenters. The van der Waals surface area contributed by atoms with Gasteiger partial charge in [0, 0.05) is 4.24 Å². The van der Waals surface area contributed by atoms with Gasteiger partial charge in [0.1, 0.15) is 21.9 Å². The number of hydrogen-bond acceptors (Lipinski definition) is 4. The van der Waals surface area contributed by atoms with Crippen molar-refractivity contribution in [2.24, 2.45) is 0 Å². The lowest BCUT2D eigenvalue weighted by atomic mass is 10.5. The highest BCUT2D eigenvalue weighted by Gasteiger charge is 2.18. The van der Waals surface area contributed by atoms with E-state index < -0.39 is 0 Å². The van der Waals surface area contributed by atoms with Crippen molar-refractivity contribution in [1.82, 2.24) is 0 Å². The van der Waals surface area contributed by atoms with Crippen molar-refractivity contribution >= 4 is 23.5 Å². The molecule has 1 heterocycles. The van der Waals surface area contributed by atoms with Crippen LogP contribution < -0.4 is 0 Å². The maximum atomic E-state index is 8.45. The smallest absolute Gasteiger partial charge is 0.115 e. The van der Waals surface area contributed by atoms with E-state index >= 15 is 0 Å². The van der Waals surface area contributed by atoms with Gasteiger partial charge in [0.25, 0.3) is 0 Å². The zero-order valence-electron chi connectivity index (χ0n) is 4.92. The number of nitrogens with zero attached hydrogens (tertiary/aromatic N) is 2. The molecule has 1 aliphatic heterocycles. The quantitative estimate of drug-likeness (QED) is 0.553. The number of allylic oxidation sites excluding steroid dienone is 2. The van der Waals surface area contributed by atoms with Crippen molar-refractivity contribution in [3.8, 4) is 12.1 Å². The molecule has 0 spiro atoms. The van der Waals surface area contributed by atoms with Gasteiger partial charge in [-0.3, -0.25) is 0 Å². The fourth-order valence-electron chi connectivity index (χ4n) is 0.488. The van der Waals surface area contributed by atoms with Gasteiger partial charge in [0.05, 0.1) is 0 Å². The molecule has 0 radical (unpaired) electrons. The van der Waals surface area contributed by atoms with E-state index in [0.29, 0.717) is 9.81 Å². The Kier molecular flexibility index (Phi) is 2.06. The molecular weight excluding hydrogens is 164 g/mol. The summed E-state index contributed by atoms with van der Waals surface area (Å²) in [5, 5.41) is 16.9. The summed E-state index contributed by atoms with van der Waals surface area (Å²) in [6.07, 6.45) is 0. The Morgan fingerprint density at radius 2 is 1.50 bits per heavy atom. The van der Waals surface area contributed by atoms with E-state index in [-0.39, 0.29) is 0 Å². The van der Waals surface area contributed by atoms with Crippen LogP contribution in [-0.2, 0) is 0 Å². The fourth-order valence-corrected chi connectivity index (χ4v) is 2.23. The molecule has 1 rings (SSSR count). The highest BCUT2D eigenvalue weighted by Crippen LogP contribution is 2.47. The van der Waals surface area contributed by atoms with Gasteiger partial charge in [-0.1, -0.05) is 30.1 Å². The maximum absolute atomic E-state index is 8.45. The first-order chi connectivity index (χ1) is 4.77. The summed E-state index contributed by atoms with van der Waals surface area (Å²) in [5.74, 6) is 0. The van der Waals surface area contributed by atoms with Gasteiger partial charge in [0.15, 0.2) is 0 Å². The largest absolute Gasteiger partial charge is 0.192 e. The van der Waals surface area contributed by atoms with Crippen LogP contribution in [0.1, 0.15) is 0 Å². The molecule has 0 fully saturated rings. The van der Waals surface area contributed by atoms with Gasteiger partial charge in [-0.2, -0.15) is 10.5 Å². The molecule has 48 valence electrons. The topological polar surface area (TPSA) is 47.6 Å². The first kappa shape index (κ1) is 7.27. The minimum atomic E-state index is 0.470. The molecule has 10 heavy (non-hydrogen) atoms. The number of rotatable bonds is 0. The number of hydrogen-bond donors (Lipinski definition) is 0. The van der Waals surface area contributed by atoms with Crippen LogP contribution in [0, 0.1) is 22.7 Å². The monoisotopic (exact) mass is 166 g/mol. The molecule has 0 aromatic rings. The number of thioether (sulfide) groups is 2. The molecule has 0 aromatic carbocycles. The van der Waals surface area contributed by atoms with Gasteiger partial charge in [-0.15, -0.1) is 0 Å². The van der Waals surface area contributed by atoms with Crippen molar-refractivity contribution in [1.29, 1.82) is 10.5 Å². The maximum Gasteiger partial charge on any atom is 0.115 e. The summed E-state index contributed by atoms with van der Waals surface area (Å²) < 4.78 is 0.799. The Hall–Kier alpha value is -0.840. The molecule has 1 aliphatic rings. The van der Waals surface area contributed by atoms with Crippen molar-refractivity contribution in [2.45, 2.75) is 0 Å². The standard InChI is InChI=1S/C6H2N2S2/c1-4-9-5(2-7)6(3-8)10-4/h1H2. The molecule has 4 heteroatoms. The third kappa shape index (κ3) is 1.18.